The summed E-state index contributed by atoms with van der Waals surface area (Å²) in [4.78, 5) is 13.6. The predicted octanol–water partition coefficient (Wildman–Crippen LogP) is 4.51. The fourth-order valence-electron chi connectivity index (χ4n) is 10.8. The second-order valence-corrected chi connectivity index (χ2v) is 13.4. The van der Waals surface area contributed by atoms with Crippen molar-refractivity contribution in [2.45, 2.75) is 97.5 Å². The largest absolute Gasteiger partial charge is 0.393 e. The van der Waals surface area contributed by atoms with E-state index in [2.05, 4.69) is 26.1 Å². The van der Waals surface area contributed by atoms with Crippen molar-refractivity contribution in [1.82, 2.24) is 5.32 Å². The van der Waals surface area contributed by atoms with Crippen molar-refractivity contribution < 1.29 is 14.6 Å². The lowest BCUT2D eigenvalue weighted by atomic mass is 9.37. The first-order valence-electron chi connectivity index (χ1n) is 14.5. The number of aliphatic hydroxyl groups excluding tert-OH is 1. The Morgan fingerprint density at radius 1 is 0.941 bits per heavy atom. The molecule has 0 aromatic rings. The molecular weight excluding hydrogens is 424 g/mol. The Hall–Kier alpha value is -0.650. The number of ether oxygens (including phenoxy) is 1. The molecule has 5 heteroatoms. The van der Waals surface area contributed by atoms with Gasteiger partial charge in [-0.15, -0.1) is 0 Å². The zero-order chi connectivity index (χ0) is 24.1. The summed E-state index contributed by atoms with van der Waals surface area (Å²) < 4.78 is 5.50. The van der Waals surface area contributed by atoms with Gasteiger partial charge in [-0.1, -0.05) is 27.2 Å². The van der Waals surface area contributed by atoms with Crippen LogP contribution in [0.1, 0.15) is 91.4 Å². The first-order valence-corrected chi connectivity index (χ1v) is 14.5. The van der Waals surface area contributed by atoms with Gasteiger partial charge in [0.15, 0.2) is 0 Å². The monoisotopic (exact) mass is 474 g/mol. The average Bonchev–Trinajstić information content (AvgIpc) is 3.27. The van der Waals surface area contributed by atoms with E-state index in [0.29, 0.717) is 66.7 Å². The third-order valence-corrected chi connectivity index (χ3v) is 12.3. The van der Waals surface area contributed by atoms with Crippen LogP contribution in [-0.2, 0) is 9.53 Å². The molecule has 0 bridgehead atoms. The Kier molecular flexibility index (Phi) is 6.87. The highest BCUT2D eigenvalue weighted by atomic mass is 16.5. The zero-order valence-electron chi connectivity index (χ0n) is 22.0. The van der Waals surface area contributed by atoms with Crippen LogP contribution in [0, 0.1) is 51.8 Å². The number of rotatable bonds is 6. The number of hydrogen-bond donors (Lipinski definition) is 3. The van der Waals surface area contributed by atoms with Crippen LogP contribution in [0.4, 0.5) is 0 Å². The minimum absolute atomic E-state index is 0.105. The van der Waals surface area contributed by atoms with Crippen LogP contribution < -0.4 is 11.1 Å². The van der Waals surface area contributed by atoms with Gasteiger partial charge in [0.2, 0.25) is 5.91 Å². The van der Waals surface area contributed by atoms with Crippen LogP contribution in [0.2, 0.25) is 0 Å². The van der Waals surface area contributed by atoms with Crippen molar-refractivity contribution in [3.8, 4) is 0 Å². The molecule has 0 aromatic carbocycles. The van der Waals surface area contributed by atoms with E-state index in [4.69, 9.17) is 10.5 Å². The average molecular weight is 475 g/mol. The minimum Gasteiger partial charge on any atom is -0.393 e. The minimum atomic E-state index is -0.136. The molecule has 0 radical (unpaired) electrons. The Bertz CT molecular complexity index is 760. The molecule has 0 saturated heterocycles. The van der Waals surface area contributed by atoms with Gasteiger partial charge in [-0.05, 0) is 111 Å². The standard InChI is InChI=1S/C29H50N2O3/c1-19-21-8-12-28(3)22-9-14-29(26(33)31-16-18-34-17-15-30)11-4-5-23(29)20(22)6-7-25(28)27(21,2)13-10-24(19)32/h19-25,32H,4-18,30H2,1-3H3,(H,31,33). The van der Waals surface area contributed by atoms with E-state index in [9.17, 15) is 9.90 Å². The summed E-state index contributed by atoms with van der Waals surface area (Å²) in [5.74, 6) is 4.23. The number of fused-ring (bicyclic) bond motifs is 7. The Labute approximate surface area is 207 Å². The lowest BCUT2D eigenvalue weighted by Crippen LogP contribution is -2.62. The number of hydrogen-bond acceptors (Lipinski definition) is 4. The molecule has 5 aliphatic carbocycles. The molecule has 5 saturated carbocycles. The summed E-state index contributed by atoms with van der Waals surface area (Å²) >= 11 is 0. The van der Waals surface area contributed by atoms with Gasteiger partial charge in [-0.2, -0.15) is 0 Å². The maximum Gasteiger partial charge on any atom is 0.226 e. The van der Waals surface area contributed by atoms with Gasteiger partial charge in [-0.3, -0.25) is 4.79 Å². The molecule has 4 N–H and O–H groups in total. The molecule has 5 aliphatic rings. The molecule has 5 fully saturated rings. The molecule has 5 rings (SSSR count). The number of aliphatic hydroxyl groups is 1. The van der Waals surface area contributed by atoms with Crippen LogP contribution in [0.3, 0.4) is 0 Å². The second-order valence-electron chi connectivity index (χ2n) is 13.4. The van der Waals surface area contributed by atoms with Crippen molar-refractivity contribution in [3.63, 3.8) is 0 Å². The van der Waals surface area contributed by atoms with Crippen LogP contribution >= 0.6 is 0 Å². The number of amides is 1. The van der Waals surface area contributed by atoms with E-state index in [1.165, 1.54) is 51.4 Å². The molecule has 0 aromatic heterocycles. The fraction of sp³-hybridized carbons (Fsp3) is 0.966. The van der Waals surface area contributed by atoms with Crippen molar-refractivity contribution in [1.29, 1.82) is 0 Å². The van der Waals surface area contributed by atoms with Gasteiger partial charge in [0, 0.05) is 13.1 Å². The maximum atomic E-state index is 13.6. The molecule has 10 unspecified atom stereocenters. The quantitative estimate of drug-likeness (QED) is 0.494. The van der Waals surface area contributed by atoms with Crippen LogP contribution in [-0.4, -0.2) is 43.4 Å². The predicted molar refractivity (Wildman–Crippen MR) is 135 cm³/mol. The summed E-state index contributed by atoms with van der Waals surface area (Å²) in [5.41, 5.74) is 6.15. The van der Waals surface area contributed by atoms with Crippen molar-refractivity contribution >= 4 is 5.91 Å². The molecular formula is C29H50N2O3. The summed E-state index contributed by atoms with van der Waals surface area (Å²) in [7, 11) is 0. The second kappa shape index (κ2) is 9.34. The molecule has 0 spiro atoms. The normalized spacial score (nSPS) is 50.0. The summed E-state index contributed by atoms with van der Waals surface area (Å²) in [6.45, 7) is 9.79. The van der Waals surface area contributed by atoms with E-state index < -0.39 is 0 Å². The Balaban J connectivity index is 1.33. The van der Waals surface area contributed by atoms with Crippen molar-refractivity contribution in [2.24, 2.45) is 57.5 Å². The van der Waals surface area contributed by atoms with Gasteiger partial charge in [0.1, 0.15) is 0 Å². The number of nitrogens with two attached hydrogens (primary N) is 1. The van der Waals surface area contributed by atoms with Crippen LogP contribution in [0.5, 0.6) is 0 Å². The fourth-order valence-corrected chi connectivity index (χ4v) is 10.8. The summed E-state index contributed by atoms with van der Waals surface area (Å²) in [6.07, 6.45) is 13.1. The van der Waals surface area contributed by atoms with E-state index in [-0.39, 0.29) is 11.5 Å². The number of carbonyl (C=O) groups excluding carboxylic acids is 1. The van der Waals surface area contributed by atoms with Crippen LogP contribution in [0.15, 0.2) is 0 Å². The highest BCUT2D eigenvalue weighted by Gasteiger charge is 2.65. The van der Waals surface area contributed by atoms with Crippen LogP contribution in [0.25, 0.3) is 0 Å². The molecule has 10 atom stereocenters. The zero-order valence-corrected chi connectivity index (χ0v) is 22.0. The van der Waals surface area contributed by atoms with Crippen molar-refractivity contribution in [3.05, 3.63) is 0 Å². The van der Waals surface area contributed by atoms with Gasteiger partial charge in [-0.25, -0.2) is 0 Å². The lowest BCUT2D eigenvalue weighted by Gasteiger charge is -2.67. The van der Waals surface area contributed by atoms with E-state index in [1.807, 2.05) is 0 Å². The number of nitrogens with one attached hydrogen (secondary N) is 1. The van der Waals surface area contributed by atoms with E-state index >= 15 is 0 Å². The first kappa shape index (κ1) is 25.0. The van der Waals surface area contributed by atoms with Gasteiger partial charge < -0.3 is 20.9 Å². The SMILES string of the molecule is CC1C(O)CCC2(C)C1CCC1(C)C3CCC4(C(=O)NCCOCCN)CCCC4C3CCC21. The first-order chi connectivity index (χ1) is 16.3. The smallest absolute Gasteiger partial charge is 0.226 e. The van der Waals surface area contributed by atoms with E-state index in [1.54, 1.807) is 0 Å². The topological polar surface area (TPSA) is 84.6 Å². The van der Waals surface area contributed by atoms with E-state index in [0.717, 1.165) is 31.1 Å². The van der Waals surface area contributed by atoms with Gasteiger partial charge in [0.05, 0.1) is 24.7 Å². The third-order valence-electron chi connectivity index (χ3n) is 12.3. The lowest BCUT2D eigenvalue weighted by molar-refractivity contribution is -0.196. The highest BCUT2D eigenvalue weighted by molar-refractivity contribution is 5.83. The molecule has 5 nitrogen and oxygen atoms in total. The summed E-state index contributed by atoms with van der Waals surface area (Å²) in [6, 6.07) is 0. The molecule has 34 heavy (non-hydrogen) atoms. The Morgan fingerprint density at radius 3 is 2.47 bits per heavy atom. The molecule has 194 valence electrons. The molecule has 0 aliphatic heterocycles. The molecule has 0 heterocycles. The van der Waals surface area contributed by atoms with Gasteiger partial charge in [0.25, 0.3) is 0 Å². The molecule has 1 amide bonds. The van der Waals surface area contributed by atoms with Gasteiger partial charge >= 0.3 is 0 Å². The summed E-state index contributed by atoms with van der Waals surface area (Å²) in [5, 5.41) is 13.9. The highest BCUT2D eigenvalue weighted by Crippen LogP contribution is 2.71. The van der Waals surface area contributed by atoms with Crippen molar-refractivity contribution in [2.75, 3.05) is 26.3 Å². The number of carbonyl (C=O) groups is 1. The Morgan fingerprint density at radius 2 is 1.68 bits per heavy atom. The maximum absolute atomic E-state index is 13.6. The third kappa shape index (κ3) is 3.70.